The zero-order valence-corrected chi connectivity index (χ0v) is 25.6. The van der Waals surface area contributed by atoms with E-state index >= 15 is 0 Å². The Bertz CT molecular complexity index is 577. The molecule has 0 radical (unpaired) electrons. The van der Waals surface area contributed by atoms with Crippen LogP contribution in [-0.4, -0.2) is 58.8 Å². The molecule has 1 atom stereocenters. The van der Waals surface area contributed by atoms with E-state index in [4.69, 9.17) is 9.47 Å². The molecule has 1 unspecified atom stereocenters. The quantitative estimate of drug-likeness (QED) is 0.139. The van der Waals surface area contributed by atoms with E-state index in [9.17, 15) is 0 Å². The molecule has 0 saturated carbocycles. The Kier molecular flexibility index (Phi) is 15.2. The molecule has 1 aromatic rings. The molecule has 31 heavy (non-hydrogen) atoms. The molecular formula is C27H46O2SnTe. The average Bonchev–Trinajstić information content (AvgIpc) is 2.82. The summed E-state index contributed by atoms with van der Waals surface area (Å²) in [5, 5.41) is 0. The van der Waals surface area contributed by atoms with Gasteiger partial charge in [0.25, 0.3) is 0 Å². The molecule has 2 rings (SSSR count). The van der Waals surface area contributed by atoms with E-state index in [-0.39, 0.29) is 27.2 Å². The van der Waals surface area contributed by atoms with Gasteiger partial charge in [-0.3, -0.25) is 0 Å². The van der Waals surface area contributed by atoms with E-state index < -0.39 is 18.4 Å². The average molecular weight is 649 g/mol. The summed E-state index contributed by atoms with van der Waals surface area (Å²) in [7, 11) is 0. The molecule has 1 fully saturated rings. The predicted molar refractivity (Wildman–Crippen MR) is 139 cm³/mol. The van der Waals surface area contributed by atoms with Crippen molar-refractivity contribution in [2.75, 3.05) is 13.2 Å². The molecule has 1 aliphatic heterocycles. The fraction of sp³-hybridized carbons (Fsp3) is 0.704. The first-order valence-electron chi connectivity index (χ1n) is 12.9. The molecule has 0 bridgehead atoms. The van der Waals surface area contributed by atoms with Crippen LogP contribution in [0.4, 0.5) is 0 Å². The molecule has 0 N–H and O–H groups in total. The number of hydrogen-bond acceptors (Lipinski definition) is 2. The van der Waals surface area contributed by atoms with Gasteiger partial charge < -0.3 is 0 Å². The molecule has 4 heteroatoms. The molecule has 1 heterocycles. The molecule has 0 spiro atoms. The molecule has 1 aliphatic rings. The van der Waals surface area contributed by atoms with Crippen molar-refractivity contribution in [2.45, 2.75) is 105 Å². The van der Waals surface area contributed by atoms with Gasteiger partial charge in [0.05, 0.1) is 0 Å². The third-order valence-corrected chi connectivity index (χ3v) is 34.0. The van der Waals surface area contributed by atoms with Crippen molar-refractivity contribution in [2.24, 2.45) is 0 Å². The van der Waals surface area contributed by atoms with E-state index in [0.717, 1.165) is 26.1 Å². The molecule has 0 amide bonds. The van der Waals surface area contributed by atoms with Crippen LogP contribution in [0.25, 0.3) is 0 Å². The van der Waals surface area contributed by atoms with E-state index in [2.05, 4.69) is 57.2 Å². The maximum atomic E-state index is 6.11. The molecule has 176 valence electrons. The number of benzene rings is 1. The van der Waals surface area contributed by atoms with Gasteiger partial charge in [-0.1, -0.05) is 0 Å². The summed E-state index contributed by atoms with van der Waals surface area (Å²) in [4.78, 5) is 0. The summed E-state index contributed by atoms with van der Waals surface area (Å²) in [5.74, 6) is 0. The van der Waals surface area contributed by atoms with Crippen molar-refractivity contribution in [3.8, 4) is 0 Å². The van der Waals surface area contributed by atoms with Gasteiger partial charge in [0.15, 0.2) is 0 Å². The van der Waals surface area contributed by atoms with Crippen LogP contribution in [-0.2, 0) is 9.47 Å². The van der Waals surface area contributed by atoms with Gasteiger partial charge in [-0.05, 0) is 0 Å². The molecule has 0 aliphatic carbocycles. The molecule has 2 nitrogen and oxygen atoms in total. The van der Waals surface area contributed by atoms with Crippen molar-refractivity contribution in [3.05, 3.63) is 38.0 Å². The van der Waals surface area contributed by atoms with Crippen LogP contribution in [0, 0.1) is 0 Å². The van der Waals surface area contributed by atoms with Crippen LogP contribution >= 0.6 is 0 Å². The summed E-state index contributed by atoms with van der Waals surface area (Å²) in [6.07, 6.45) is 15.7. The summed E-state index contributed by atoms with van der Waals surface area (Å²) in [5.41, 5.74) is 0. The van der Waals surface area contributed by atoms with Crippen molar-refractivity contribution in [3.63, 3.8) is 0 Å². The van der Waals surface area contributed by atoms with Gasteiger partial charge in [0.2, 0.25) is 0 Å². The zero-order valence-electron chi connectivity index (χ0n) is 20.4. The van der Waals surface area contributed by atoms with Gasteiger partial charge in [-0.25, -0.2) is 0 Å². The van der Waals surface area contributed by atoms with Gasteiger partial charge in [-0.15, -0.1) is 0 Å². The minimum atomic E-state index is -2.37. The Morgan fingerprint density at radius 1 is 1.00 bits per heavy atom. The maximum absolute atomic E-state index is 6.11. The Labute approximate surface area is 206 Å². The standard InChI is InChI=1S/C15H19O2Te.3C4H9.Sn/c1-2-8-14(9-3-1)18-13-7-6-12-17-15-10-4-5-11-16-15;3*1-3-4-2;/h1-3,7-9,15H,4-6,10-12H2;3*1,3-4H2,2H3;. The molecule has 1 aromatic carbocycles. The second-order valence-corrected chi connectivity index (χ2v) is 28.5. The van der Waals surface area contributed by atoms with E-state index in [1.165, 1.54) is 51.4 Å². The van der Waals surface area contributed by atoms with Crippen LogP contribution in [0.2, 0.25) is 13.3 Å². The molecule has 1 saturated heterocycles. The van der Waals surface area contributed by atoms with E-state index in [1.807, 2.05) is 1.64 Å². The first kappa shape index (κ1) is 27.7. The number of rotatable bonds is 16. The fourth-order valence-electron chi connectivity index (χ4n) is 4.50. The van der Waals surface area contributed by atoms with Gasteiger partial charge in [0, 0.05) is 0 Å². The number of hydrogen-bond donors (Lipinski definition) is 0. The Morgan fingerprint density at radius 2 is 1.65 bits per heavy atom. The summed E-state index contributed by atoms with van der Waals surface area (Å²) in [6, 6.07) is 11.4. The monoisotopic (exact) mass is 652 g/mol. The Balaban J connectivity index is 2.20. The topological polar surface area (TPSA) is 18.5 Å². The second kappa shape index (κ2) is 17.0. The first-order valence-corrected chi connectivity index (χ1v) is 22.7. The third kappa shape index (κ3) is 10.5. The van der Waals surface area contributed by atoms with Crippen molar-refractivity contribution >= 4 is 42.9 Å². The van der Waals surface area contributed by atoms with Crippen LogP contribution in [0.15, 0.2) is 38.0 Å². The summed E-state index contributed by atoms with van der Waals surface area (Å²) in [6.45, 7) is 8.84. The van der Waals surface area contributed by atoms with Gasteiger partial charge in [-0.2, -0.15) is 0 Å². The Hall–Kier alpha value is 0.468. The van der Waals surface area contributed by atoms with E-state index in [0.29, 0.717) is 0 Å². The Morgan fingerprint density at radius 3 is 2.19 bits per heavy atom. The predicted octanol–water partition coefficient (Wildman–Crippen LogP) is 7.22. The number of ether oxygens (including phenoxy) is 2. The SMILES string of the molecule is CCC[CH2][Sn]([CH2]CCC)([CH2]CCC)/[C](=C\CCOC1CCCCO1)[Te]c1ccccc1. The number of unbranched alkanes of at least 4 members (excludes halogenated alkanes) is 3. The van der Waals surface area contributed by atoms with Crippen molar-refractivity contribution < 1.29 is 9.47 Å². The first-order chi connectivity index (χ1) is 15.2. The second-order valence-electron chi connectivity index (χ2n) is 9.03. The normalized spacial score (nSPS) is 17.8. The van der Waals surface area contributed by atoms with E-state index in [1.54, 1.807) is 16.9 Å². The zero-order chi connectivity index (χ0) is 22.2. The van der Waals surface area contributed by atoms with Gasteiger partial charge in [0.1, 0.15) is 0 Å². The molecular weight excluding hydrogens is 603 g/mol. The molecule has 0 aromatic heterocycles. The van der Waals surface area contributed by atoms with Crippen LogP contribution in [0.3, 0.4) is 0 Å². The summed E-state index contributed by atoms with van der Waals surface area (Å²) < 4.78 is 20.2. The third-order valence-electron chi connectivity index (χ3n) is 6.41. The minimum absolute atomic E-state index is 0.0460. The van der Waals surface area contributed by atoms with Crippen LogP contribution in [0.1, 0.15) is 85.0 Å². The van der Waals surface area contributed by atoms with Crippen LogP contribution in [0.5, 0.6) is 0 Å². The van der Waals surface area contributed by atoms with Crippen molar-refractivity contribution in [1.82, 2.24) is 0 Å². The summed E-state index contributed by atoms with van der Waals surface area (Å²) >= 11 is -2.64. The van der Waals surface area contributed by atoms with Crippen molar-refractivity contribution in [1.29, 1.82) is 0 Å². The van der Waals surface area contributed by atoms with Gasteiger partial charge >= 0.3 is 208 Å². The van der Waals surface area contributed by atoms with Crippen LogP contribution < -0.4 is 3.61 Å². The fourth-order valence-corrected chi connectivity index (χ4v) is 34.2.